The van der Waals surface area contributed by atoms with Gasteiger partial charge in [-0.05, 0) is 56.7 Å². The maximum Gasteiger partial charge on any atom is 0.165 e. The minimum absolute atomic E-state index is 0.328. The zero-order valence-corrected chi connectivity index (χ0v) is 13.9. The van der Waals surface area contributed by atoms with Crippen LogP contribution in [-0.4, -0.2) is 19.8 Å². The Morgan fingerprint density at radius 1 is 1.35 bits per heavy atom. The number of hydrogen-bond donors (Lipinski definition) is 1. The first-order valence-corrected chi connectivity index (χ1v) is 8.19. The fourth-order valence-corrected chi connectivity index (χ4v) is 3.27. The van der Waals surface area contributed by atoms with Crippen LogP contribution >= 0.6 is 15.9 Å². The Kier molecular flexibility index (Phi) is 5.73. The van der Waals surface area contributed by atoms with Crippen LogP contribution in [0.5, 0.6) is 11.5 Å². The van der Waals surface area contributed by atoms with Crippen molar-refractivity contribution < 1.29 is 9.47 Å². The van der Waals surface area contributed by atoms with Crippen LogP contribution in [0.2, 0.25) is 0 Å². The van der Waals surface area contributed by atoms with Crippen LogP contribution in [0.1, 0.15) is 50.5 Å². The van der Waals surface area contributed by atoms with E-state index in [-0.39, 0.29) is 0 Å². The molecule has 0 spiro atoms. The van der Waals surface area contributed by atoms with Crippen molar-refractivity contribution in [3.8, 4) is 11.5 Å². The Labute approximate surface area is 130 Å². The number of methoxy groups -OCH3 is 1. The SMILES string of the molecule is COc1cc(Br)cc(C(C)CCN)c1OC1CCCC1. The van der Waals surface area contributed by atoms with Crippen LogP contribution in [0.4, 0.5) is 0 Å². The molecule has 1 aliphatic carbocycles. The second-order valence-corrected chi connectivity index (χ2v) is 6.44. The van der Waals surface area contributed by atoms with Gasteiger partial charge in [0.1, 0.15) is 0 Å². The van der Waals surface area contributed by atoms with Crippen molar-refractivity contribution in [2.24, 2.45) is 5.73 Å². The van der Waals surface area contributed by atoms with Crippen molar-refractivity contribution in [2.75, 3.05) is 13.7 Å². The molecule has 1 saturated carbocycles. The monoisotopic (exact) mass is 341 g/mol. The van der Waals surface area contributed by atoms with E-state index in [0.717, 1.165) is 35.2 Å². The molecule has 0 radical (unpaired) electrons. The van der Waals surface area contributed by atoms with Crippen LogP contribution in [0.3, 0.4) is 0 Å². The molecule has 1 aromatic rings. The van der Waals surface area contributed by atoms with Gasteiger partial charge in [-0.1, -0.05) is 22.9 Å². The number of halogens is 1. The Morgan fingerprint density at radius 2 is 2.05 bits per heavy atom. The maximum absolute atomic E-state index is 6.26. The van der Waals surface area contributed by atoms with Crippen LogP contribution in [-0.2, 0) is 0 Å². The molecule has 0 heterocycles. The number of nitrogens with two attached hydrogens (primary N) is 1. The smallest absolute Gasteiger partial charge is 0.165 e. The summed E-state index contributed by atoms with van der Waals surface area (Å²) in [5.41, 5.74) is 6.89. The van der Waals surface area contributed by atoms with Gasteiger partial charge in [0.15, 0.2) is 11.5 Å². The van der Waals surface area contributed by atoms with E-state index in [9.17, 15) is 0 Å². The second kappa shape index (κ2) is 7.32. The Bertz CT molecular complexity index is 444. The topological polar surface area (TPSA) is 44.5 Å². The van der Waals surface area contributed by atoms with Gasteiger partial charge in [-0.3, -0.25) is 0 Å². The number of ether oxygens (including phenoxy) is 2. The number of hydrogen-bond acceptors (Lipinski definition) is 3. The molecule has 3 nitrogen and oxygen atoms in total. The van der Waals surface area contributed by atoms with Crippen LogP contribution in [0.25, 0.3) is 0 Å². The highest BCUT2D eigenvalue weighted by Crippen LogP contribution is 2.41. The highest BCUT2D eigenvalue weighted by molar-refractivity contribution is 9.10. The molecule has 2 rings (SSSR count). The first-order chi connectivity index (χ1) is 9.65. The van der Waals surface area contributed by atoms with E-state index in [2.05, 4.69) is 28.9 Å². The van der Waals surface area contributed by atoms with Gasteiger partial charge in [-0.2, -0.15) is 0 Å². The Balaban J connectivity index is 2.33. The molecule has 1 fully saturated rings. The van der Waals surface area contributed by atoms with E-state index in [0.29, 0.717) is 18.6 Å². The minimum Gasteiger partial charge on any atom is -0.493 e. The lowest BCUT2D eigenvalue weighted by Gasteiger charge is -2.22. The van der Waals surface area contributed by atoms with Crippen molar-refractivity contribution in [3.05, 3.63) is 22.2 Å². The molecule has 2 N–H and O–H groups in total. The van der Waals surface area contributed by atoms with Crippen molar-refractivity contribution in [1.29, 1.82) is 0 Å². The molecule has 112 valence electrons. The number of benzene rings is 1. The van der Waals surface area contributed by atoms with E-state index >= 15 is 0 Å². The predicted molar refractivity (Wildman–Crippen MR) is 85.7 cm³/mol. The summed E-state index contributed by atoms with van der Waals surface area (Å²) in [5.74, 6) is 2.08. The third kappa shape index (κ3) is 3.67. The highest BCUT2D eigenvalue weighted by Gasteiger charge is 2.23. The lowest BCUT2D eigenvalue weighted by Crippen LogP contribution is -2.14. The third-order valence-electron chi connectivity index (χ3n) is 3.99. The number of rotatable bonds is 6. The molecule has 0 amide bonds. The second-order valence-electron chi connectivity index (χ2n) is 5.53. The largest absolute Gasteiger partial charge is 0.493 e. The maximum atomic E-state index is 6.26. The van der Waals surface area contributed by atoms with E-state index in [1.165, 1.54) is 18.4 Å². The summed E-state index contributed by atoms with van der Waals surface area (Å²) in [6.45, 7) is 2.87. The van der Waals surface area contributed by atoms with E-state index in [1.54, 1.807) is 7.11 Å². The molecule has 1 aromatic carbocycles. The average Bonchev–Trinajstić information content (AvgIpc) is 2.93. The van der Waals surface area contributed by atoms with Gasteiger partial charge >= 0.3 is 0 Å². The third-order valence-corrected chi connectivity index (χ3v) is 4.44. The molecule has 4 heteroatoms. The summed E-state index contributed by atoms with van der Waals surface area (Å²) in [7, 11) is 1.70. The van der Waals surface area contributed by atoms with Crippen LogP contribution < -0.4 is 15.2 Å². The Morgan fingerprint density at radius 3 is 2.65 bits per heavy atom. The van der Waals surface area contributed by atoms with Crippen molar-refractivity contribution in [1.82, 2.24) is 0 Å². The molecular weight excluding hydrogens is 318 g/mol. The quantitative estimate of drug-likeness (QED) is 0.841. The molecule has 0 saturated heterocycles. The summed E-state index contributed by atoms with van der Waals surface area (Å²) in [4.78, 5) is 0. The first-order valence-electron chi connectivity index (χ1n) is 7.39. The lowest BCUT2D eigenvalue weighted by atomic mass is 9.96. The molecular formula is C16H24BrNO2. The normalized spacial score (nSPS) is 17.2. The summed E-state index contributed by atoms with van der Waals surface area (Å²) in [6.07, 6.45) is 6.08. The predicted octanol–water partition coefficient (Wildman–Crippen LogP) is 4.23. The standard InChI is InChI=1S/C16H24BrNO2/c1-11(7-8-18)14-9-12(17)10-15(19-2)16(14)20-13-5-3-4-6-13/h9-11,13H,3-8,18H2,1-2H3. The van der Waals surface area contributed by atoms with E-state index in [1.807, 2.05) is 6.07 Å². The van der Waals surface area contributed by atoms with Crippen molar-refractivity contribution in [3.63, 3.8) is 0 Å². The van der Waals surface area contributed by atoms with Gasteiger partial charge in [-0.15, -0.1) is 0 Å². The summed E-state index contributed by atoms with van der Waals surface area (Å²) >= 11 is 3.55. The molecule has 1 aliphatic rings. The zero-order chi connectivity index (χ0) is 14.5. The molecule has 1 unspecified atom stereocenters. The van der Waals surface area contributed by atoms with Crippen LogP contribution in [0, 0.1) is 0 Å². The molecule has 1 atom stereocenters. The van der Waals surface area contributed by atoms with Crippen molar-refractivity contribution >= 4 is 15.9 Å². The lowest BCUT2D eigenvalue weighted by molar-refractivity contribution is 0.197. The average molecular weight is 342 g/mol. The zero-order valence-electron chi connectivity index (χ0n) is 12.3. The fraction of sp³-hybridized carbons (Fsp3) is 0.625. The van der Waals surface area contributed by atoms with Gasteiger partial charge in [0, 0.05) is 10.0 Å². The molecule has 0 aromatic heterocycles. The van der Waals surface area contributed by atoms with E-state index in [4.69, 9.17) is 15.2 Å². The molecule has 0 bridgehead atoms. The summed E-state index contributed by atoms with van der Waals surface area (Å²) in [6, 6.07) is 4.11. The molecule has 20 heavy (non-hydrogen) atoms. The van der Waals surface area contributed by atoms with Gasteiger partial charge in [0.2, 0.25) is 0 Å². The molecule has 0 aliphatic heterocycles. The van der Waals surface area contributed by atoms with Gasteiger partial charge in [-0.25, -0.2) is 0 Å². The van der Waals surface area contributed by atoms with Gasteiger partial charge in [0.05, 0.1) is 13.2 Å². The van der Waals surface area contributed by atoms with Gasteiger partial charge in [0.25, 0.3) is 0 Å². The fourth-order valence-electron chi connectivity index (χ4n) is 2.81. The highest BCUT2D eigenvalue weighted by atomic mass is 79.9. The summed E-state index contributed by atoms with van der Waals surface area (Å²) < 4.78 is 12.8. The van der Waals surface area contributed by atoms with E-state index < -0.39 is 0 Å². The Hall–Kier alpha value is -0.740. The minimum atomic E-state index is 0.328. The van der Waals surface area contributed by atoms with Gasteiger partial charge < -0.3 is 15.2 Å². The first kappa shape index (κ1) is 15.6. The van der Waals surface area contributed by atoms with Crippen LogP contribution in [0.15, 0.2) is 16.6 Å². The summed E-state index contributed by atoms with van der Waals surface area (Å²) in [5, 5.41) is 0. The van der Waals surface area contributed by atoms with Crippen molar-refractivity contribution in [2.45, 2.75) is 51.0 Å².